The van der Waals surface area contributed by atoms with Crippen LogP contribution in [0.3, 0.4) is 0 Å². The summed E-state index contributed by atoms with van der Waals surface area (Å²) in [6.07, 6.45) is 2.37. The first-order valence-electron chi connectivity index (χ1n) is 6.72. The maximum Gasteiger partial charge on any atom is 0.150 e. The first-order valence-corrected chi connectivity index (χ1v) is 9.29. The predicted molar refractivity (Wildman–Crippen MR) is 84.4 cm³/mol. The Kier molecular flexibility index (Phi) is 5.35. The topological polar surface area (TPSA) is 46.2 Å². The second kappa shape index (κ2) is 6.65. The second-order valence-corrected chi connectivity index (χ2v) is 8.42. The van der Waals surface area contributed by atoms with E-state index in [0.29, 0.717) is 21.6 Å². The van der Waals surface area contributed by atoms with Gasteiger partial charge < -0.3 is 5.32 Å². The molecule has 0 amide bonds. The number of sulfone groups is 1. The third-order valence-electron chi connectivity index (χ3n) is 3.85. The molecule has 0 spiro atoms. The minimum atomic E-state index is -2.81. The van der Waals surface area contributed by atoms with Gasteiger partial charge in [-0.05, 0) is 43.9 Å². The lowest BCUT2D eigenvalue weighted by Gasteiger charge is -2.20. The molecule has 3 nitrogen and oxygen atoms in total. The largest absolute Gasteiger partial charge is 0.317 e. The van der Waals surface area contributed by atoms with Crippen molar-refractivity contribution in [2.45, 2.75) is 25.3 Å². The lowest BCUT2D eigenvalue weighted by Crippen LogP contribution is -2.30. The molecule has 1 heterocycles. The maximum atomic E-state index is 11.5. The van der Waals surface area contributed by atoms with Crippen LogP contribution in [-0.2, 0) is 16.3 Å². The molecule has 2 rings (SSSR count). The van der Waals surface area contributed by atoms with E-state index in [1.54, 1.807) is 6.07 Å². The Morgan fingerprint density at radius 3 is 2.75 bits per heavy atom. The van der Waals surface area contributed by atoms with Gasteiger partial charge in [-0.2, -0.15) is 0 Å². The summed E-state index contributed by atoms with van der Waals surface area (Å²) in [7, 11) is -0.917. The average Bonchev–Trinajstić information content (AvgIpc) is 2.73. The zero-order valence-corrected chi connectivity index (χ0v) is 13.7. The summed E-state index contributed by atoms with van der Waals surface area (Å²) in [4.78, 5) is 0. The highest BCUT2D eigenvalue weighted by atomic mass is 35.5. The Labute approximate surface area is 130 Å². The van der Waals surface area contributed by atoms with Crippen LogP contribution in [0, 0.1) is 5.92 Å². The summed E-state index contributed by atoms with van der Waals surface area (Å²) >= 11 is 12.2. The third kappa shape index (κ3) is 4.10. The second-order valence-electron chi connectivity index (χ2n) is 5.41. The van der Waals surface area contributed by atoms with Gasteiger partial charge in [0.25, 0.3) is 0 Å². The Balaban J connectivity index is 2.01. The monoisotopic (exact) mass is 335 g/mol. The van der Waals surface area contributed by atoms with Crippen LogP contribution in [0.15, 0.2) is 18.2 Å². The van der Waals surface area contributed by atoms with E-state index in [-0.39, 0.29) is 12.0 Å². The molecule has 2 unspecified atom stereocenters. The van der Waals surface area contributed by atoms with Crippen LogP contribution in [-0.4, -0.2) is 33.0 Å². The van der Waals surface area contributed by atoms with Crippen molar-refractivity contribution in [2.75, 3.05) is 18.6 Å². The number of rotatable bonds is 5. The van der Waals surface area contributed by atoms with E-state index in [9.17, 15) is 8.42 Å². The Morgan fingerprint density at radius 2 is 2.15 bits per heavy atom. The first kappa shape index (κ1) is 16.1. The van der Waals surface area contributed by atoms with E-state index in [1.807, 2.05) is 19.2 Å². The molecule has 6 heteroatoms. The molecule has 2 atom stereocenters. The van der Waals surface area contributed by atoms with Gasteiger partial charge in [0.05, 0.1) is 21.6 Å². The Morgan fingerprint density at radius 1 is 1.40 bits per heavy atom. The summed E-state index contributed by atoms with van der Waals surface area (Å²) < 4.78 is 23.0. The average molecular weight is 336 g/mol. The van der Waals surface area contributed by atoms with E-state index in [4.69, 9.17) is 23.2 Å². The van der Waals surface area contributed by atoms with Crippen molar-refractivity contribution in [1.29, 1.82) is 0 Å². The van der Waals surface area contributed by atoms with Crippen LogP contribution in [0.2, 0.25) is 10.0 Å². The summed E-state index contributed by atoms with van der Waals surface area (Å²) in [6, 6.07) is 5.83. The molecule has 1 aliphatic rings. The van der Waals surface area contributed by atoms with Crippen LogP contribution in [0.4, 0.5) is 0 Å². The predicted octanol–water partition coefficient (Wildman–Crippen LogP) is 2.95. The number of likely N-dealkylation sites (N-methyl/N-ethyl adjacent to an activating group) is 1. The van der Waals surface area contributed by atoms with Gasteiger partial charge in [0.2, 0.25) is 0 Å². The fourth-order valence-electron chi connectivity index (χ4n) is 2.74. The van der Waals surface area contributed by atoms with Crippen molar-refractivity contribution in [1.82, 2.24) is 5.32 Å². The highest BCUT2D eigenvalue weighted by Gasteiger charge is 2.29. The SMILES string of the molecule is CNC(Cc1cccc(Cl)c1Cl)CC1CCS(=O)(=O)C1. The maximum absolute atomic E-state index is 11.5. The number of hydrogen-bond acceptors (Lipinski definition) is 3. The van der Waals surface area contributed by atoms with E-state index < -0.39 is 9.84 Å². The Bertz CT molecular complexity index is 575. The minimum absolute atomic E-state index is 0.212. The number of nitrogens with one attached hydrogen (secondary N) is 1. The van der Waals surface area contributed by atoms with Crippen molar-refractivity contribution in [3.05, 3.63) is 33.8 Å². The van der Waals surface area contributed by atoms with Crippen molar-refractivity contribution in [3.8, 4) is 0 Å². The summed E-state index contributed by atoms with van der Waals surface area (Å²) in [5, 5.41) is 4.40. The van der Waals surface area contributed by atoms with Gasteiger partial charge in [-0.3, -0.25) is 0 Å². The fourth-order valence-corrected chi connectivity index (χ4v) is 5.01. The van der Waals surface area contributed by atoms with E-state index in [0.717, 1.165) is 24.8 Å². The Hall–Kier alpha value is -0.290. The number of benzene rings is 1. The molecule has 1 N–H and O–H groups in total. The standard InChI is InChI=1S/C14H19Cl2NO2S/c1-17-12(7-10-5-6-20(18,19)9-10)8-11-3-2-4-13(15)14(11)16/h2-4,10,12,17H,5-9H2,1H3. The molecule has 20 heavy (non-hydrogen) atoms. The van der Waals surface area contributed by atoms with Crippen LogP contribution in [0.1, 0.15) is 18.4 Å². The molecule has 1 saturated heterocycles. The van der Waals surface area contributed by atoms with Crippen molar-refractivity contribution in [3.63, 3.8) is 0 Å². The van der Waals surface area contributed by atoms with Gasteiger partial charge in [0.1, 0.15) is 0 Å². The molecule has 0 saturated carbocycles. The highest BCUT2D eigenvalue weighted by molar-refractivity contribution is 7.91. The van der Waals surface area contributed by atoms with Crippen LogP contribution >= 0.6 is 23.2 Å². The van der Waals surface area contributed by atoms with Crippen molar-refractivity contribution < 1.29 is 8.42 Å². The van der Waals surface area contributed by atoms with Crippen LogP contribution in [0.25, 0.3) is 0 Å². The van der Waals surface area contributed by atoms with Gasteiger partial charge in [-0.15, -0.1) is 0 Å². The molecule has 112 valence electrons. The summed E-state index contributed by atoms with van der Waals surface area (Å²) in [6.45, 7) is 0. The van der Waals surface area contributed by atoms with Crippen molar-refractivity contribution in [2.24, 2.45) is 5.92 Å². The molecule has 0 aromatic heterocycles. The zero-order chi connectivity index (χ0) is 14.8. The smallest absolute Gasteiger partial charge is 0.150 e. The zero-order valence-electron chi connectivity index (χ0n) is 11.4. The van der Waals surface area contributed by atoms with Gasteiger partial charge in [-0.25, -0.2) is 8.42 Å². The fraction of sp³-hybridized carbons (Fsp3) is 0.571. The molecule has 0 bridgehead atoms. The number of halogens is 2. The molecule has 1 aliphatic heterocycles. The first-order chi connectivity index (χ1) is 9.41. The van der Waals surface area contributed by atoms with E-state index in [2.05, 4.69) is 5.32 Å². The molecule has 1 fully saturated rings. The van der Waals surface area contributed by atoms with Gasteiger partial charge >= 0.3 is 0 Å². The third-order valence-corrected chi connectivity index (χ3v) is 6.55. The summed E-state index contributed by atoms with van der Waals surface area (Å²) in [5.74, 6) is 0.885. The lowest BCUT2D eigenvalue weighted by atomic mass is 9.95. The molecular formula is C14H19Cl2NO2S. The van der Waals surface area contributed by atoms with E-state index >= 15 is 0 Å². The highest BCUT2D eigenvalue weighted by Crippen LogP contribution is 2.28. The van der Waals surface area contributed by atoms with E-state index in [1.165, 1.54) is 0 Å². The number of hydrogen-bond donors (Lipinski definition) is 1. The van der Waals surface area contributed by atoms with Crippen LogP contribution < -0.4 is 5.32 Å². The molecular weight excluding hydrogens is 317 g/mol. The van der Waals surface area contributed by atoms with Gasteiger partial charge in [0.15, 0.2) is 9.84 Å². The molecule has 1 aromatic rings. The van der Waals surface area contributed by atoms with Crippen molar-refractivity contribution >= 4 is 33.0 Å². The normalized spacial score (nSPS) is 22.9. The molecule has 0 radical (unpaired) electrons. The summed E-state index contributed by atoms with van der Waals surface area (Å²) in [5.41, 5.74) is 0.999. The molecule has 1 aromatic carbocycles. The lowest BCUT2D eigenvalue weighted by molar-refractivity contribution is 0.424. The quantitative estimate of drug-likeness (QED) is 0.899. The van der Waals surface area contributed by atoms with Crippen LogP contribution in [0.5, 0.6) is 0 Å². The van der Waals surface area contributed by atoms with Gasteiger partial charge in [-0.1, -0.05) is 35.3 Å². The minimum Gasteiger partial charge on any atom is -0.317 e. The van der Waals surface area contributed by atoms with Gasteiger partial charge in [0, 0.05) is 6.04 Å². The molecule has 0 aliphatic carbocycles.